The Bertz CT molecular complexity index is 854. The minimum absolute atomic E-state index is 0.00516. The number of halogens is 1. The van der Waals surface area contributed by atoms with Gasteiger partial charge in [-0.05, 0) is 73.6 Å². The Morgan fingerprint density at radius 1 is 1.10 bits per heavy atom. The van der Waals surface area contributed by atoms with Crippen LogP contribution in [0.5, 0.6) is 0 Å². The van der Waals surface area contributed by atoms with Gasteiger partial charge >= 0.3 is 0 Å². The highest BCUT2D eigenvalue weighted by atomic mass is 32.1. The SMILES string of the molecule is CC1CCN(c2ccc(NC(=S)NCC3(c4ccc(F)cc4)CCCCC3)cn2)CC1. The van der Waals surface area contributed by atoms with Gasteiger partial charge in [-0.1, -0.05) is 38.3 Å². The standard InChI is InChI=1S/C25H33FN4S/c1-19-11-15-30(16-12-19)23-10-9-22(17-27-23)29-24(31)28-18-25(13-3-2-4-14-25)20-5-7-21(26)8-6-20/h5-10,17,19H,2-4,11-16,18H2,1H3,(H2,28,29,31). The molecule has 0 amide bonds. The molecule has 0 bridgehead atoms. The van der Waals surface area contributed by atoms with E-state index in [9.17, 15) is 4.39 Å². The van der Waals surface area contributed by atoms with Gasteiger partial charge in [0.15, 0.2) is 5.11 Å². The Balaban J connectivity index is 1.34. The third-order valence-corrected chi connectivity index (χ3v) is 7.21. The van der Waals surface area contributed by atoms with Gasteiger partial charge in [0, 0.05) is 25.0 Å². The summed E-state index contributed by atoms with van der Waals surface area (Å²) in [6, 6.07) is 11.1. The minimum atomic E-state index is -0.185. The van der Waals surface area contributed by atoms with E-state index in [2.05, 4.69) is 33.5 Å². The number of thiocarbonyl (C=S) groups is 1. The number of hydrogen-bond donors (Lipinski definition) is 2. The molecule has 0 radical (unpaired) electrons. The molecule has 1 saturated carbocycles. The first-order chi connectivity index (χ1) is 15.0. The third-order valence-electron chi connectivity index (χ3n) is 6.97. The molecule has 1 aliphatic heterocycles. The summed E-state index contributed by atoms with van der Waals surface area (Å²) >= 11 is 5.58. The maximum Gasteiger partial charge on any atom is 0.170 e. The molecule has 6 heteroatoms. The highest BCUT2D eigenvalue weighted by molar-refractivity contribution is 7.80. The van der Waals surface area contributed by atoms with Crippen molar-refractivity contribution in [2.45, 2.75) is 57.3 Å². The van der Waals surface area contributed by atoms with Gasteiger partial charge in [0.2, 0.25) is 0 Å². The molecule has 4 rings (SSSR count). The van der Waals surface area contributed by atoms with E-state index in [1.807, 2.05) is 24.4 Å². The lowest BCUT2D eigenvalue weighted by molar-refractivity contribution is 0.292. The van der Waals surface area contributed by atoms with Crippen LogP contribution < -0.4 is 15.5 Å². The number of aromatic nitrogens is 1. The van der Waals surface area contributed by atoms with Crippen LogP contribution in [0.15, 0.2) is 42.6 Å². The number of nitrogens with zero attached hydrogens (tertiary/aromatic N) is 2. The van der Waals surface area contributed by atoms with Crippen LogP contribution in [0, 0.1) is 11.7 Å². The smallest absolute Gasteiger partial charge is 0.170 e. The summed E-state index contributed by atoms with van der Waals surface area (Å²) in [6.07, 6.45) is 10.2. The summed E-state index contributed by atoms with van der Waals surface area (Å²) in [6.45, 7) is 5.22. The van der Waals surface area contributed by atoms with Crippen molar-refractivity contribution in [2.24, 2.45) is 5.92 Å². The number of hydrogen-bond acceptors (Lipinski definition) is 3. The predicted molar refractivity (Wildman–Crippen MR) is 130 cm³/mol. The molecule has 1 aromatic heterocycles. The van der Waals surface area contributed by atoms with Gasteiger partial charge in [-0.25, -0.2) is 9.37 Å². The molecule has 166 valence electrons. The second-order valence-corrected chi connectivity index (χ2v) is 9.64. The lowest BCUT2D eigenvalue weighted by Gasteiger charge is -2.38. The van der Waals surface area contributed by atoms with Gasteiger partial charge in [0.05, 0.1) is 11.9 Å². The number of nitrogens with one attached hydrogen (secondary N) is 2. The van der Waals surface area contributed by atoms with E-state index >= 15 is 0 Å². The normalized spacial score (nSPS) is 19.1. The average Bonchev–Trinajstić information content (AvgIpc) is 2.80. The molecule has 4 nitrogen and oxygen atoms in total. The van der Waals surface area contributed by atoms with Crippen molar-refractivity contribution < 1.29 is 4.39 Å². The zero-order valence-electron chi connectivity index (χ0n) is 18.4. The van der Waals surface area contributed by atoms with Crippen LogP contribution in [0.1, 0.15) is 57.4 Å². The summed E-state index contributed by atoms with van der Waals surface area (Å²) in [5.74, 6) is 1.66. The minimum Gasteiger partial charge on any atom is -0.362 e. The van der Waals surface area contributed by atoms with E-state index in [1.54, 1.807) is 12.1 Å². The maximum atomic E-state index is 13.4. The van der Waals surface area contributed by atoms with Gasteiger partial charge in [0.1, 0.15) is 11.6 Å². The van der Waals surface area contributed by atoms with Gasteiger partial charge < -0.3 is 15.5 Å². The topological polar surface area (TPSA) is 40.2 Å². The first kappa shape index (κ1) is 22.0. The summed E-state index contributed by atoms with van der Waals surface area (Å²) in [5.41, 5.74) is 2.10. The summed E-state index contributed by atoms with van der Waals surface area (Å²) < 4.78 is 13.4. The van der Waals surface area contributed by atoms with Gasteiger partial charge in [0.25, 0.3) is 0 Å². The highest BCUT2D eigenvalue weighted by Crippen LogP contribution is 2.39. The van der Waals surface area contributed by atoms with Crippen molar-refractivity contribution in [3.05, 3.63) is 54.0 Å². The Kier molecular flexibility index (Phi) is 7.06. The molecule has 1 saturated heterocycles. The van der Waals surface area contributed by atoms with E-state index in [0.717, 1.165) is 49.9 Å². The fraction of sp³-hybridized carbons (Fsp3) is 0.520. The number of rotatable bonds is 5. The van der Waals surface area contributed by atoms with Crippen LogP contribution in [0.2, 0.25) is 0 Å². The average molecular weight is 441 g/mol. The number of pyridine rings is 1. The monoisotopic (exact) mass is 440 g/mol. The molecule has 0 spiro atoms. The first-order valence-electron chi connectivity index (χ1n) is 11.6. The van der Waals surface area contributed by atoms with E-state index in [-0.39, 0.29) is 11.2 Å². The maximum absolute atomic E-state index is 13.4. The first-order valence-corrected chi connectivity index (χ1v) is 12.0. The molecule has 2 fully saturated rings. The Hall–Kier alpha value is -2.21. The van der Waals surface area contributed by atoms with Crippen LogP contribution in [0.4, 0.5) is 15.9 Å². The van der Waals surface area contributed by atoms with Gasteiger partial charge in [-0.3, -0.25) is 0 Å². The molecule has 1 aliphatic carbocycles. The lowest BCUT2D eigenvalue weighted by Crippen LogP contribution is -2.43. The Labute approximate surface area is 190 Å². The van der Waals surface area contributed by atoms with Crippen molar-refractivity contribution in [3.63, 3.8) is 0 Å². The quantitative estimate of drug-likeness (QED) is 0.588. The molecule has 2 aliphatic rings. The van der Waals surface area contributed by atoms with Crippen molar-refractivity contribution in [3.8, 4) is 0 Å². The third kappa shape index (κ3) is 5.53. The molecule has 2 heterocycles. The summed E-state index contributed by atoms with van der Waals surface area (Å²) in [4.78, 5) is 7.00. The van der Waals surface area contributed by atoms with Gasteiger partial charge in [-0.15, -0.1) is 0 Å². The van der Waals surface area contributed by atoms with Crippen LogP contribution in [-0.2, 0) is 5.41 Å². The largest absolute Gasteiger partial charge is 0.362 e. The zero-order chi connectivity index (χ0) is 21.7. The van der Waals surface area contributed by atoms with E-state index < -0.39 is 0 Å². The number of anilines is 2. The lowest BCUT2D eigenvalue weighted by atomic mass is 9.69. The summed E-state index contributed by atoms with van der Waals surface area (Å²) in [7, 11) is 0. The zero-order valence-corrected chi connectivity index (χ0v) is 19.2. The fourth-order valence-electron chi connectivity index (χ4n) is 4.91. The molecule has 1 aromatic carbocycles. The molecular weight excluding hydrogens is 407 g/mol. The molecule has 0 unspecified atom stereocenters. The number of benzene rings is 1. The van der Waals surface area contributed by atoms with Crippen LogP contribution in [0.25, 0.3) is 0 Å². The molecule has 2 aromatic rings. The fourth-order valence-corrected chi connectivity index (χ4v) is 5.10. The molecule has 31 heavy (non-hydrogen) atoms. The Morgan fingerprint density at radius 3 is 2.45 bits per heavy atom. The van der Waals surface area contributed by atoms with Crippen molar-refractivity contribution in [1.82, 2.24) is 10.3 Å². The van der Waals surface area contributed by atoms with Gasteiger partial charge in [-0.2, -0.15) is 0 Å². The van der Waals surface area contributed by atoms with E-state index in [1.165, 1.54) is 37.7 Å². The number of piperidine rings is 1. The summed E-state index contributed by atoms with van der Waals surface area (Å²) in [5, 5.41) is 7.31. The van der Waals surface area contributed by atoms with Crippen molar-refractivity contribution in [1.29, 1.82) is 0 Å². The predicted octanol–water partition coefficient (Wildman–Crippen LogP) is 5.65. The van der Waals surface area contributed by atoms with Crippen LogP contribution in [-0.4, -0.2) is 29.7 Å². The van der Waals surface area contributed by atoms with Crippen LogP contribution in [0.3, 0.4) is 0 Å². The van der Waals surface area contributed by atoms with E-state index in [4.69, 9.17) is 12.2 Å². The second-order valence-electron chi connectivity index (χ2n) is 9.23. The highest BCUT2D eigenvalue weighted by Gasteiger charge is 2.34. The molecule has 0 atom stereocenters. The molecule has 2 N–H and O–H groups in total. The Morgan fingerprint density at radius 2 is 1.81 bits per heavy atom. The second kappa shape index (κ2) is 9.94. The molecular formula is C25H33FN4S. The van der Waals surface area contributed by atoms with E-state index in [0.29, 0.717) is 5.11 Å². The van der Waals surface area contributed by atoms with Crippen molar-refractivity contribution >= 4 is 28.8 Å². The van der Waals surface area contributed by atoms with Crippen molar-refractivity contribution in [2.75, 3.05) is 29.9 Å². The van der Waals surface area contributed by atoms with Crippen LogP contribution >= 0.6 is 12.2 Å².